The number of H-pyrrole nitrogens is 1. The van der Waals surface area contributed by atoms with Gasteiger partial charge in [-0.05, 0) is 45.4 Å². The van der Waals surface area contributed by atoms with E-state index in [2.05, 4.69) is 10.1 Å². The van der Waals surface area contributed by atoms with Crippen LogP contribution in [0.4, 0.5) is 0 Å². The van der Waals surface area contributed by atoms with Gasteiger partial charge in [0.25, 0.3) is 0 Å². The van der Waals surface area contributed by atoms with Crippen LogP contribution in [0.5, 0.6) is 5.75 Å². The fraction of sp³-hybridized carbons (Fsp3) is 0.273. The molecule has 2 heterocycles. The van der Waals surface area contributed by atoms with Gasteiger partial charge in [0.05, 0.1) is 24.7 Å². The van der Waals surface area contributed by atoms with Gasteiger partial charge in [0, 0.05) is 11.3 Å². The SMILES string of the molecule is COc1cn(-c2ccccc2)nc1C(=O)O[C@@H](C)C(=O)c1[nH]c(C)c(C(C)=O)c1C. The summed E-state index contributed by atoms with van der Waals surface area (Å²) in [7, 11) is 1.42. The minimum atomic E-state index is -1.08. The van der Waals surface area contributed by atoms with Gasteiger partial charge in [-0.1, -0.05) is 18.2 Å². The lowest BCUT2D eigenvalue weighted by Crippen LogP contribution is -2.26. The van der Waals surface area contributed by atoms with Gasteiger partial charge in [0.1, 0.15) is 0 Å². The van der Waals surface area contributed by atoms with Crippen molar-refractivity contribution in [3.05, 3.63) is 64.7 Å². The molecule has 3 aromatic rings. The smallest absolute Gasteiger partial charge is 0.363 e. The molecule has 2 aromatic heterocycles. The van der Waals surface area contributed by atoms with Crippen molar-refractivity contribution in [3.63, 3.8) is 0 Å². The highest BCUT2D eigenvalue weighted by molar-refractivity contribution is 6.05. The van der Waals surface area contributed by atoms with E-state index in [-0.39, 0.29) is 22.9 Å². The molecule has 0 radical (unpaired) electrons. The van der Waals surface area contributed by atoms with E-state index in [9.17, 15) is 14.4 Å². The Morgan fingerprint density at radius 1 is 1.13 bits per heavy atom. The average Bonchev–Trinajstić information content (AvgIpc) is 3.28. The fourth-order valence-electron chi connectivity index (χ4n) is 3.36. The Morgan fingerprint density at radius 2 is 1.80 bits per heavy atom. The summed E-state index contributed by atoms with van der Waals surface area (Å²) in [6, 6.07) is 9.22. The van der Waals surface area contributed by atoms with E-state index < -0.39 is 17.9 Å². The molecule has 0 aliphatic carbocycles. The largest absolute Gasteiger partial charge is 0.493 e. The number of para-hydroxylation sites is 1. The number of ketones is 2. The number of Topliss-reactive ketones (excluding diaryl/α,β-unsaturated/α-hetero) is 2. The summed E-state index contributed by atoms with van der Waals surface area (Å²) in [4.78, 5) is 40.2. The molecule has 8 nitrogen and oxygen atoms in total. The number of hydrogen-bond donors (Lipinski definition) is 1. The molecule has 0 fully saturated rings. The van der Waals surface area contributed by atoms with Crippen LogP contribution in [-0.4, -0.2) is 45.5 Å². The van der Waals surface area contributed by atoms with E-state index in [0.717, 1.165) is 5.69 Å². The zero-order valence-corrected chi connectivity index (χ0v) is 17.5. The van der Waals surface area contributed by atoms with Crippen LogP contribution in [0.15, 0.2) is 36.5 Å². The van der Waals surface area contributed by atoms with Crippen LogP contribution in [-0.2, 0) is 4.74 Å². The van der Waals surface area contributed by atoms with Crippen molar-refractivity contribution in [2.45, 2.75) is 33.8 Å². The number of benzene rings is 1. The van der Waals surface area contributed by atoms with Gasteiger partial charge in [-0.25, -0.2) is 9.48 Å². The van der Waals surface area contributed by atoms with E-state index in [1.54, 1.807) is 20.0 Å². The molecule has 8 heteroatoms. The minimum absolute atomic E-state index is 0.0372. The average molecular weight is 409 g/mol. The number of ether oxygens (including phenoxy) is 2. The molecule has 0 aliphatic rings. The Balaban J connectivity index is 1.82. The lowest BCUT2D eigenvalue weighted by atomic mass is 10.0. The highest BCUT2D eigenvalue weighted by Gasteiger charge is 2.28. The summed E-state index contributed by atoms with van der Waals surface area (Å²) in [5, 5.41) is 4.25. The zero-order valence-electron chi connectivity index (χ0n) is 17.5. The van der Waals surface area contributed by atoms with Crippen molar-refractivity contribution in [2.24, 2.45) is 0 Å². The first-order chi connectivity index (χ1) is 14.2. The van der Waals surface area contributed by atoms with Crippen LogP contribution in [0.1, 0.15) is 56.4 Å². The summed E-state index contributed by atoms with van der Waals surface area (Å²) in [5.74, 6) is -1.12. The number of nitrogens with zero attached hydrogens (tertiary/aromatic N) is 2. The van der Waals surface area contributed by atoms with E-state index in [4.69, 9.17) is 9.47 Å². The normalized spacial score (nSPS) is 11.8. The maximum atomic E-state index is 12.8. The molecule has 0 aliphatic heterocycles. The maximum Gasteiger partial charge on any atom is 0.363 e. The molecule has 0 saturated carbocycles. The summed E-state index contributed by atoms with van der Waals surface area (Å²) in [5.41, 5.74) is 2.57. The van der Waals surface area contributed by atoms with Crippen molar-refractivity contribution in [2.75, 3.05) is 7.11 Å². The first kappa shape index (κ1) is 21.0. The number of aromatic amines is 1. The third-order valence-electron chi connectivity index (χ3n) is 4.80. The summed E-state index contributed by atoms with van der Waals surface area (Å²) in [6.07, 6.45) is 0.483. The molecule has 3 rings (SSSR count). The number of aromatic nitrogens is 3. The Morgan fingerprint density at radius 3 is 2.37 bits per heavy atom. The van der Waals surface area contributed by atoms with Gasteiger partial charge in [-0.2, -0.15) is 5.10 Å². The van der Waals surface area contributed by atoms with Crippen molar-refractivity contribution in [1.82, 2.24) is 14.8 Å². The Hall–Kier alpha value is -3.68. The standard InChI is InChI=1S/C22H23N3O5/c1-12-18(14(3)26)13(2)23-19(12)21(27)15(4)30-22(28)20-17(29-5)11-25(24-20)16-9-7-6-8-10-16/h6-11,15,23H,1-5H3/t15-/m0/s1. The first-order valence-electron chi connectivity index (χ1n) is 9.39. The molecule has 30 heavy (non-hydrogen) atoms. The number of hydrogen-bond acceptors (Lipinski definition) is 6. The molecular formula is C22H23N3O5. The number of methoxy groups -OCH3 is 1. The fourth-order valence-corrected chi connectivity index (χ4v) is 3.36. The van der Waals surface area contributed by atoms with Gasteiger partial charge in [-0.3, -0.25) is 9.59 Å². The number of rotatable bonds is 7. The second-order valence-electron chi connectivity index (χ2n) is 6.92. The maximum absolute atomic E-state index is 12.8. The predicted molar refractivity (Wildman–Crippen MR) is 110 cm³/mol. The van der Waals surface area contributed by atoms with Crippen molar-refractivity contribution in [3.8, 4) is 11.4 Å². The second kappa shape index (κ2) is 8.36. The lowest BCUT2D eigenvalue weighted by Gasteiger charge is -2.11. The molecule has 156 valence electrons. The Labute approximate surface area is 173 Å². The van der Waals surface area contributed by atoms with Crippen LogP contribution < -0.4 is 4.74 Å². The highest BCUT2D eigenvalue weighted by atomic mass is 16.5. The van der Waals surface area contributed by atoms with Gasteiger partial charge in [0.2, 0.25) is 11.5 Å². The molecule has 0 amide bonds. The van der Waals surface area contributed by atoms with E-state index in [0.29, 0.717) is 16.8 Å². The molecule has 1 N–H and O–H groups in total. The van der Waals surface area contributed by atoms with Crippen molar-refractivity contribution < 1.29 is 23.9 Å². The van der Waals surface area contributed by atoms with Gasteiger partial charge in [-0.15, -0.1) is 0 Å². The summed E-state index contributed by atoms with van der Waals surface area (Å²) < 4.78 is 12.1. The Kier molecular flexibility index (Phi) is 5.86. The number of esters is 1. The quantitative estimate of drug-likeness (QED) is 0.473. The molecule has 1 aromatic carbocycles. The van der Waals surface area contributed by atoms with Crippen LogP contribution in [0.3, 0.4) is 0 Å². The van der Waals surface area contributed by atoms with Crippen LogP contribution >= 0.6 is 0 Å². The second-order valence-corrected chi connectivity index (χ2v) is 6.92. The number of carbonyl (C=O) groups is 3. The first-order valence-corrected chi connectivity index (χ1v) is 9.39. The zero-order chi connectivity index (χ0) is 22.0. The minimum Gasteiger partial charge on any atom is -0.493 e. The lowest BCUT2D eigenvalue weighted by molar-refractivity contribution is 0.0308. The molecule has 0 saturated heterocycles. The highest BCUT2D eigenvalue weighted by Crippen LogP contribution is 2.23. The molecule has 0 spiro atoms. The molecular weight excluding hydrogens is 386 g/mol. The Bertz CT molecular complexity index is 1110. The molecule has 0 bridgehead atoms. The van der Waals surface area contributed by atoms with Crippen molar-refractivity contribution >= 4 is 17.5 Å². The third-order valence-corrected chi connectivity index (χ3v) is 4.80. The third kappa shape index (κ3) is 3.89. The molecule has 0 unspecified atom stereocenters. The molecule has 1 atom stereocenters. The van der Waals surface area contributed by atoms with Crippen LogP contribution in [0, 0.1) is 13.8 Å². The number of aryl methyl sites for hydroxylation is 1. The summed E-state index contributed by atoms with van der Waals surface area (Å²) in [6.45, 7) is 6.32. The van der Waals surface area contributed by atoms with Crippen LogP contribution in [0.25, 0.3) is 5.69 Å². The summed E-state index contributed by atoms with van der Waals surface area (Å²) >= 11 is 0. The van der Waals surface area contributed by atoms with Crippen LogP contribution in [0.2, 0.25) is 0 Å². The van der Waals surface area contributed by atoms with E-state index >= 15 is 0 Å². The monoisotopic (exact) mass is 409 g/mol. The van der Waals surface area contributed by atoms with E-state index in [1.165, 1.54) is 25.6 Å². The van der Waals surface area contributed by atoms with Gasteiger partial charge < -0.3 is 14.5 Å². The van der Waals surface area contributed by atoms with E-state index in [1.807, 2.05) is 30.3 Å². The van der Waals surface area contributed by atoms with Crippen molar-refractivity contribution in [1.29, 1.82) is 0 Å². The number of nitrogens with one attached hydrogen (secondary N) is 1. The van der Waals surface area contributed by atoms with Gasteiger partial charge in [0.15, 0.2) is 17.6 Å². The van der Waals surface area contributed by atoms with Gasteiger partial charge >= 0.3 is 5.97 Å². The topological polar surface area (TPSA) is 103 Å². The number of carbonyl (C=O) groups excluding carboxylic acids is 3. The predicted octanol–water partition coefficient (Wildman–Crippen LogP) is 3.46.